The van der Waals surface area contributed by atoms with Crippen LogP contribution in [0.2, 0.25) is 0 Å². The number of amides is 1. The first-order valence-corrected chi connectivity index (χ1v) is 7.87. The zero-order chi connectivity index (χ0) is 15.2. The van der Waals surface area contributed by atoms with Crippen LogP contribution in [0.1, 0.15) is 57.2 Å². The third kappa shape index (κ3) is 4.27. The molecule has 1 saturated carbocycles. The largest absolute Gasteiger partial charge is 0.391 e. The molecule has 6 heteroatoms. The predicted molar refractivity (Wildman–Crippen MR) is 77.6 cm³/mol. The number of carbonyl (C=O) groups excluding carboxylic acids is 1. The van der Waals surface area contributed by atoms with E-state index in [1.165, 1.54) is 0 Å². The van der Waals surface area contributed by atoms with Crippen LogP contribution < -0.4 is 0 Å². The molecule has 1 aromatic rings. The molecule has 6 nitrogen and oxygen atoms in total. The molecule has 2 atom stereocenters. The average Bonchev–Trinajstić information content (AvgIpc) is 2.93. The van der Waals surface area contributed by atoms with Gasteiger partial charge in [-0.15, -0.1) is 0 Å². The van der Waals surface area contributed by atoms with Gasteiger partial charge in [-0.1, -0.05) is 24.9 Å². The lowest BCUT2D eigenvalue weighted by atomic mass is 9.91. The Morgan fingerprint density at radius 1 is 1.38 bits per heavy atom. The molecule has 1 fully saturated rings. The number of carbonyl (C=O) groups is 1. The first-order valence-electron chi connectivity index (χ1n) is 7.87. The van der Waals surface area contributed by atoms with E-state index in [9.17, 15) is 9.90 Å². The lowest BCUT2D eigenvalue weighted by Gasteiger charge is -2.35. The third-order valence-corrected chi connectivity index (χ3v) is 4.12. The van der Waals surface area contributed by atoms with E-state index in [4.69, 9.17) is 4.52 Å². The summed E-state index contributed by atoms with van der Waals surface area (Å²) in [5.41, 5.74) is 0. The van der Waals surface area contributed by atoms with E-state index >= 15 is 0 Å². The molecule has 0 bridgehead atoms. The van der Waals surface area contributed by atoms with Crippen LogP contribution in [-0.4, -0.2) is 45.2 Å². The first kappa shape index (κ1) is 15.9. The molecule has 1 amide bonds. The number of aliphatic hydroxyl groups is 1. The molecule has 21 heavy (non-hydrogen) atoms. The molecule has 1 N–H and O–H groups in total. The van der Waals surface area contributed by atoms with E-state index < -0.39 is 6.10 Å². The van der Waals surface area contributed by atoms with Crippen molar-refractivity contribution in [2.24, 2.45) is 0 Å². The number of rotatable bonds is 6. The van der Waals surface area contributed by atoms with Gasteiger partial charge in [-0.2, -0.15) is 4.98 Å². The molecular weight excluding hydrogens is 270 g/mol. The normalized spacial score (nSPS) is 22.2. The van der Waals surface area contributed by atoms with Gasteiger partial charge in [0.25, 0.3) is 0 Å². The van der Waals surface area contributed by atoms with Gasteiger partial charge in [0.05, 0.1) is 12.1 Å². The average molecular weight is 295 g/mol. The Labute approximate surface area is 125 Å². The Kier molecular flexibility index (Phi) is 5.73. The Hall–Kier alpha value is -1.43. The first-order chi connectivity index (χ1) is 10.1. The van der Waals surface area contributed by atoms with Crippen LogP contribution >= 0.6 is 0 Å². The van der Waals surface area contributed by atoms with E-state index in [2.05, 4.69) is 17.1 Å². The standard InChI is InChI=1S/C15H25N3O3/c1-3-6-13-16-14(21-17-13)9-10-15(20)18(2)11-7-4-5-8-12(11)19/h11-12,19H,3-10H2,1-2H3. The molecule has 2 unspecified atom stereocenters. The van der Waals surface area contributed by atoms with Gasteiger partial charge in [-0.3, -0.25) is 4.79 Å². The van der Waals surface area contributed by atoms with Crippen LogP contribution in [0.3, 0.4) is 0 Å². The van der Waals surface area contributed by atoms with Crippen LogP contribution in [0.4, 0.5) is 0 Å². The number of hydrogen-bond donors (Lipinski definition) is 1. The van der Waals surface area contributed by atoms with E-state index in [1.54, 1.807) is 11.9 Å². The smallest absolute Gasteiger partial charge is 0.227 e. The molecule has 0 aromatic carbocycles. The zero-order valence-corrected chi connectivity index (χ0v) is 12.9. The number of aromatic nitrogens is 2. The summed E-state index contributed by atoms with van der Waals surface area (Å²) in [5, 5.41) is 13.9. The Bertz CT molecular complexity index is 461. The summed E-state index contributed by atoms with van der Waals surface area (Å²) < 4.78 is 5.13. The highest BCUT2D eigenvalue weighted by atomic mass is 16.5. The van der Waals surface area contributed by atoms with Crippen molar-refractivity contribution in [2.75, 3.05) is 7.05 Å². The Balaban J connectivity index is 1.82. The molecule has 1 heterocycles. The molecule has 1 aromatic heterocycles. The summed E-state index contributed by atoms with van der Waals surface area (Å²) in [6.07, 6.45) is 5.96. The van der Waals surface area contributed by atoms with Crippen LogP contribution in [0.5, 0.6) is 0 Å². The van der Waals surface area contributed by atoms with Crippen molar-refractivity contribution in [3.05, 3.63) is 11.7 Å². The highest BCUT2D eigenvalue weighted by Gasteiger charge is 2.29. The number of aryl methyl sites for hydroxylation is 2. The summed E-state index contributed by atoms with van der Waals surface area (Å²) in [6.45, 7) is 2.06. The summed E-state index contributed by atoms with van der Waals surface area (Å²) in [5.74, 6) is 1.25. The molecule has 0 spiro atoms. The molecule has 0 saturated heterocycles. The molecule has 0 radical (unpaired) electrons. The molecule has 1 aliphatic rings. The summed E-state index contributed by atoms with van der Waals surface area (Å²) in [7, 11) is 1.78. The Morgan fingerprint density at radius 3 is 2.86 bits per heavy atom. The third-order valence-electron chi connectivity index (χ3n) is 4.12. The molecule has 1 aliphatic carbocycles. The second kappa shape index (κ2) is 7.54. The molecule has 118 valence electrons. The minimum atomic E-state index is -0.396. The highest BCUT2D eigenvalue weighted by Crippen LogP contribution is 2.23. The summed E-state index contributed by atoms with van der Waals surface area (Å²) in [4.78, 5) is 18.2. The fourth-order valence-corrected chi connectivity index (χ4v) is 2.84. The number of hydrogen-bond acceptors (Lipinski definition) is 5. The summed E-state index contributed by atoms with van der Waals surface area (Å²) >= 11 is 0. The van der Waals surface area contributed by atoms with Crippen LogP contribution in [0.15, 0.2) is 4.52 Å². The lowest BCUT2D eigenvalue weighted by molar-refractivity contribution is -0.135. The monoisotopic (exact) mass is 295 g/mol. The van der Waals surface area contributed by atoms with Crippen LogP contribution in [-0.2, 0) is 17.6 Å². The SMILES string of the molecule is CCCc1noc(CCC(=O)N(C)C2CCCCC2O)n1. The van der Waals surface area contributed by atoms with Crippen molar-refractivity contribution >= 4 is 5.91 Å². The van der Waals surface area contributed by atoms with Gasteiger partial charge in [-0.05, 0) is 19.3 Å². The Morgan fingerprint density at radius 2 is 2.14 bits per heavy atom. The highest BCUT2D eigenvalue weighted by molar-refractivity contribution is 5.76. The van der Waals surface area contributed by atoms with E-state index in [1.807, 2.05) is 0 Å². The minimum Gasteiger partial charge on any atom is -0.391 e. The van der Waals surface area contributed by atoms with Crippen LogP contribution in [0.25, 0.3) is 0 Å². The van der Waals surface area contributed by atoms with Gasteiger partial charge >= 0.3 is 0 Å². The maximum absolute atomic E-state index is 12.2. The van der Waals surface area contributed by atoms with Gasteiger partial charge < -0.3 is 14.5 Å². The van der Waals surface area contributed by atoms with E-state index in [0.717, 1.165) is 38.5 Å². The lowest BCUT2D eigenvalue weighted by Crippen LogP contribution is -2.46. The van der Waals surface area contributed by atoms with Crippen molar-refractivity contribution in [2.45, 2.75) is 70.4 Å². The van der Waals surface area contributed by atoms with Crippen molar-refractivity contribution < 1.29 is 14.4 Å². The fraction of sp³-hybridized carbons (Fsp3) is 0.800. The van der Waals surface area contributed by atoms with E-state index in [-0.39, 0.29) is 11.9 Å². The van der Waals surface area contributed by atoms with Crippen molar-refractivity contribution in [1.82, 2.24) is 15.0 Å². The quantitative estimate of drug-likeness (QED) is 0.864. The number of nitrogens with zero attached hydrogens (tertiary/aromatic N) is 3. The van der Waals surface area contributed by atoms with E-state index in [0.29, 0.717) is 24.6 Å². The predicted octanol–water partition coefficient (Wildman–Crippen LogP) is 1.72. The topological polar surface area (TPSA) is 79.5 Å². The van der Waals surface area contributed by atoms with Gasteiger partial charge in [0.2, 0.25) is 11.8 Å². The zero-order valence-electron chi connectivity index (χ0n) is 12.9. The number of likely N-dealkylation sites (N-methyl/N-ethyl adjacent to an activating group) is 1. The molecular formula is C15H25N3O3. The number of aliphatic hydroxyl groups excluding tert-OH is 1. The molecule has 2 rings (SSSR count). The van der Waals surface area contributed by atoms with Crippen molar-refractivity contribution in [3.63, 3.8) is 0 Å². The van der Waals surface area contributed by atoms with Gasteiger partial charge in [-0.25, -0.2) is 0 Å². The van der Waals surface area contributed by atoms with Crippen LogP contribution in [0, 0.1) is 0 Å². The minimum absolute atomic E-state index is 0.0243. The fourth-order valence-electron chi connectivity index (χ4n) is 2.84. The maximum Gasteiger partial charge on any atom is 0.227 e. The second-order valence-corrected chi connectivity index (χ2v) is 5.78. The van der Waals surface area contributed by atoms with Gasteiger partial charge in [0.15, 0.2) is 5.82 Å². The van der Waals surface area contributed by atoms with Crippen molar-refractivity contribution in [3.8, 4) is 0 Å². The van der Waals surface area contributed by atoms with Gasteiger partial charge in [0, 0.05) is 26.3 Å². The van der Waals surface area contributed by atoms with Crippen molar-refractivity contribution in [1.29, 1.82) is 0 Å². The van der Waals surface area contributed by atoms with Gasteiger partial charge in [0.1, 0.15) is 0 Å². The molecule has 0 aliphatic heterocycles. The maximum atomic E-state index is 12.2. The summed E-state index contributed by atoms with van der Waals surface area (Å²) in [6, 6.07) is -0.0513. The second-order valence-electron chi connectivity index (χ2n) is 5.78.